The minimum atomic E-state index is -0.0460. The highest BCUT2D eigenvalue weighted by Gasteiger charge is 2.29. The van der Waals surface area contributed by atoms with E-state index in [9.17, 15) is 9.59 Å². The highest BCUT2D eigenvalue weighted by molar-refractivity contribution is 6.02. The number of nitrogens with one attached hydrogen (secondary N) is 1. The van der Waals surface area contributed by atoms with Gasteiger partial charge < -0.3 is 10.2 Å². The maximum Gasteiger partial charge on any atom is 0.251 e. The smallest absolute Gasteiger partial charge is 0.251 e. The molecular weight excluding hydrogens is 490 g/mol. The first kappa shape index (κ1) is 28.0. The van der Waals surface area contributed by atoms with Crippen LogP contribution in [0.4, 0.5) is 0 Å². The van der Waals surface area contributed by atoms with Crippen LogP contribution in [0.25, 0.3) is 0 Å². The molecule has 1 amide bonds. The molecule has 2 aliphatic heterocycles. The van der Waals surface area contributed by atoms with Crippen LogP contribution in [0.2, 0.25) is 0 Å². The Morgan fingerprint density at radius 1 is 0.923 bits per heavy atom. The molecule has 210 valence electrons. The van der Waals surface area contributed by atoms with Crippen molar-refractivity contribution in [2.24, 2.45) is 5.92 Å². The Labute approximate surface area is 232 Å². The van der Waals surface area contributed by atoms with Gasteiger partial charge in [0.15, 0.2) is 5.78 Å². The summed E-state index contributed by atoms with van der Waals surface area (Å²) in [6, 6.07) is 16.7. The lowest BCUT2D eigenvalue weighted by atomic mass is 9.80. The van der Waals surface area contributed by atoms with E-state index in [0.29, 0.717) is 24.8 Å². The predicted octanol–water partition coefficient (Wildman–Crippen LogP) is 4.82. The van der Waals surface area contributed by atoms with Gasteiger partial charge in [0.05, 0.1) is 6.61 Å². The molecule has 1 N–H and O–H groups in total. The molecule has 5 rings (SSSR count). The molecule has 0 aromatic heterocycles. The zero-order valence-electron chi connectivity index (χ0n) is 23.3. The molecule has 1 aliphatic carbocycles. The highest BCUT2D eigenvalue weighted by atomic mass is 17.2. The Kier molecular flexibility index (Phi) is 9.80. The second kappa shape index (κ2) is 13.7. The quantitative estimate of drug-likeness (QED) is 0.268. The van der Waals surface area contributed by atoms with Gasteiger partial charge in [-0.25, -0.2) is 9.78 Å². The topological polar surface area (TPSA) is 71.1 Å². The summed E-state index contributed by atoms with van der Waals surface area (Å²) in [4.78, 5) is 41.1. The van der Waals surface area contributed by atoms with Crippen LogP contribution in [0.15, 0.2) is 48.5 Å². The standard InChI is InChI=1S/C32H43N3O4/c1-2-38-39-23-35-20-15-29(16-21-35)33-32(37)28-10-11-30-27(22-28)9-8-26(31(30)36)14-19-34-17-12-25(13-18-34)24-6-4-3-5-7-24/h3-7,10-11,22,25-26,29H,2,8-9,12-21,23H2,1H3,(H,33,37). The maximum atomic E-state index is 13.3. The van der Waals surface area contributed by atoms with E-state index in [4.69, 9.17) is 9.78 Å². The normalized spacial score (nSPS) is 21.6. The van der Waals surface area contributed by atoms with Crippen molar-refractivity contribution in [2.75, 3.05) is 46.1 Å². The number of carbonyl (C=O) groups is 2. The van der Waals surface area contributed by atoms with E-state index in [0.717, 1.165) is 76.0 Å². The molecule has 0 bridgehead atoms. The Balaban J connectivity index is 1.07. The summed E-state index contributed by atoms with van der Waals surface area (Å²) in [6.07, 6.45) is 6.81. The van der Waals surface area contributed by atoms with Crippen LogP contribution >= 0.6 is 0 Å². The Hall–Kier alpha value is -2.58. The van der Waals surface area contributed by atoms with Gasteiger partial charge in [0.25, 0.3) is 5.91 Å². The number of benzene rings is 2. The minimum Gasteiger partial charge on any atom is -0.349 e. The number of piperidine rings is 2. The second-order valence-corrected chi connectivity index (χ2v) is 11.3. The number of amides is 1. The van der Waals surface area contributed by atoms with E-state index in [1.807, 2.05) is 25.1 Å². The number of aryl methyl sites for hydroxylation is 1. The Morgan fingerprint density at radius 3 is 2.41 bits per heavy atom. The molecule has 7 heteroatoms. The van der Waals surface area contributed by atoms with Crippen molar-refractivity contribution in [1.29, 1.82) is 0 Å². The number of rotatable bonds is 10. The van der Waals surface area contributed by atoms with Gasteiger partial charge in [0, 0.05) is 36.2 Å². The molecule has 1 unspecified atom stereocenters. The van der Waals surface area contributed by atoms with Gasteiger partial charge in [-0.1, -0.05) is 36.4 Å². The van der Waals surface area contributed by atoms with Crippen LogP contribution in [-0.4, -0.2) is 73.6 Å². The SMILES string of the molecule is CCOOCN1CCC(NC(=O)c2ccc3c(c2)CCC(CCN2CCC(c4ccccc4)CC2)C3=O)CC1. The van der Waals surface area contributed by atoms with Crippen LogP contribution in [-0.2, 0) is 16.2 Å². The molecule has 0 radical (unpaired) electrons. The first-order valence-electron chi connectivity index (χ1n) is 14.8. The van der Waals surface area contributed by atoms with Crippen LogP contribution in [0, 0.1) is 5.92 Å². The lowest BCUT2D eigenvalue weighted by molar-refractivity contribution is -0.313. The van der Waals surface area contributed by atoms with Gasteiger partial charge >= 0.3 is 0 Å². The molecule has 1 atom stereocenters. The van der Waals surface area contributed by atoms with Gasteiger partial charge in [0.1, 0.15) is 6.73 Å². The second-order valence-electron chi connectivity index (χ2n) is 11.3. The predicted molar refractivity (Wildman–Crippen MR) is 152 cm³/mol. The fourth-order valence-electron chi connectivity index (χ4n) is 6.36. The number of fused-ring (bicyclic) bond motifs is 1. The molecule has 39 heavy (non-hydrogen) atoms. The molecule has 2 aromatic carbocycles. The third kappa shape index (κ3) is 7.34. The van der Waals surface area contributed by atoms with E-state index in [2.05, 4.69) is 45.4 Å². The van der Waals surface area contributed by atoms with Gasteiger partial charge in [-0.05, 0) is 101 Å². The van der Waals surface area contributed by atoms with Crippen molar-refractivity contribution in [3.05, 3.63) is 70.8 Å². The third-order valence-corrected chi connectivity index (χ3v) is 8.78. The summed E-state index contributed by atoms with van der Waals surface area (Å²) in [5.41, 5.74) is 3.95. The zero-order valence-corrected chi connectivity index (χ0v) is 23.3. The van der Waals surface area contributed by atoms with Gasteiger partial charge in [-0.2, -0.15) is 0 Å². The van der Waals surface area contributed by atoms with Crippen molar-refractivity contribution < 1.29 is 19.4 Å². The maximum absolute atomic E-state index is 13.3. The largest absolute Gasteiger partial charge is 0.349 e. The first-order valence-corrected chi connectivity index (χ1v) is 14.8. The van der Waals surface area contributed by atoms with Crippen molar-refractivity contribution in [2.45, 2.75) is 63.8 Å². The van der Waals surface area contributed by atoms with Crippen LogP contribution in [0.3, 0.4) is 0 Å². The van der Waals surface area contributed by atoms with Crippen molar-refractivity contribution >= 4 is 11.7 Å². The number of carbonyl (C=O) groups excluding carboxylic acids is 2. The summed E-state index contributed by atoms with van der Waals surface area (Å²) in [5, 5.41) is 3.19. The number of hydrogen-bond acceptors (Lipinski definition) is 6. The molecular formula is C32H43N3O4. The van der Waals surface area contributed by atoms with E-state index < -0.39 is 0 Å². The molecule has 2 heterocycles. The first-order chi connectivity index (χ1) is 19.1. The number of hydrogen-bond donors (Lipinski definition) is 1. The van der Waals surface area contributed by atoms with Crippen molar-refractivity contribution in [3.63, 3.8) is 0 Å². The lowest BCUT2D eigenvalue weighted by Crippen LogP contribution is -2.45. The van der Waals surface area contributed by atoms with Crippen LogP contribution in [0.5, 0.6) is 0 Å². The fourth-order valence-corrected chi connectivity index (χ4v) is 6.36. The Bertz CT molecular complexity index is 1090. The lowest BCUT2D eigenvalue weighted by Gasteiger charge is -2.33. The molecule has 2 aromatic rings. The highest BCUT2D eigenvalue weighted by Crippen LogP contribution is 2.31. The van der Waals surface area contributed by atoms with Gasteiger partial charge in [-0.3, -0.25) is 14.5 Å². The summed E-state index contributed by atoms with van der Waals surface area (Å²) >= 11 is 0. The number of likely N-dealkylation sites (tertiary alicyclic amines) is 2. The van der Waals surface area contributed by atoms with E-state index in [1.165, 1.54) is 18.4 Å². The molecule has 0 saturated carbocycles. The summed E-state index contributed by atoms with van der Waals surface area (Å²) in [7, 11) is 0. The summed E-state index contributed by atoms with van der Waals surface area (Å²) in [5.74, 6) is 0.949. The number of ketones is 1. The monoisotopic (exact) mass is 533 g/mol. The molecule has 7 nitrogen and oxygen atoms in total. The Morgan fingerprint density at radius 2 is 1.67 bits per heavy atom. The third-order valence-electron chi connectivity index (χ3n) is 8.78. The number of nitrogens with zero attached hydrogens (tertiary/aromatic N) is 2. The average Bonchev–Trinajstić information content (AvgIpc) is 2.98. The van der Waals surface area contributed by atoms with Gasteiger partial charge in [0.2, 0.25) is 0 Å². The van der Waals surface area contributed by atoms with Crippen molar-refractivity contribution in [3.8, 4) is 0 Å². The van der Waals surface area contributed by atoms with E-state index in [1.54, 1.807) is 0 Å². The van der Waals surface area contributed by atoms with E-state index in [-0.39, 0.29) is 23.7 Å². The fraction of sp³-hybridized carbons (Fsp3) is 0.562. The summed E-state index contributed by atoms with van der Waals surface area (Å²) in [6.45, 7) is 7.82. The zero-order chi connectivity index (χ0) is 27.0. The molecule has 2 saturated heterocycles. The van der Waals surface area contributed by atoms with Crippen LogP contribution in [0.1, 0.15) is 83.2 Å². The number of Topliss-reactive ketones (excluding diaryl/α,β-unsaturated/α-hetero) is 1. The van der Waals surface area contributed by atoms with Crippen molar-refractivity contribution in [1.82, 2.24) is 15.1 Å². The summed E-state index contributed by atoms with van der Waals surface area (Å²) < 4.78 is 0. The van der Waals surface area contributed by atoms with Gasteiger partial charge in [-0.15, -0.1) is 0 Å². The van der Waals surface area contributed by atoms with Crippen LogP contribution < -0.4 is 5.32 Å². The average molecular weight is 534 g/mol. The molecule has 2 fully saturated rings. The molecule has 3 aliphatic rings. The van der Waals surface area contributed by atoms with E-state index >= 15 is 0 Å². The minimum absolute atomic E-state index is 0.0460. The molecule has 0 spiro atoms.